The van der Waals surface area contributed by atoms with Crippen molar-refractivity contribution < 1.29 is 13.2 Å². The van der Waals surface area contributed by atoms with E-state index in [-0.39, 0.29) is 10.7 Å². The smallest absolute Gasteiger partial charge is 0.238 e. The highest BCUT2D eigenvalue weighted by molar-refractivity contribution is 7.89. The van der Waals surface area contributed by atoms with Crippen LogP contribution in [0.1, 0.15) is 23.0 Å². The number of hydrogen-bond acceptors (Lipinski definition) is 3. The highest BCUT2D eigenvalue weighted by Gasteiger charge is 2.12. The van der Waals surface area contributed by atoms with Crippen molar-refractivity contribution in [2.75, 3.05) is 0 Å². The normalized spacial score (nSPS) is 11.5. The van der Waals surface area contributed by atoms with Gasteiger partial charge in [0.2, 0.25) is 10.0 Å². The summed E-state index contributed by atoms with van der Waals surface area (Å²) in [5, 5.41) is 5.15. The average molecular weight is 354 g/mol. The second kappa shape index (κ2) is 6.31. The number of carbonyl (C=O) groups excluding carboxylic acids is 1. The molecule has 0 radical (unpaired) electrons. The molecule has 0 atom stereocenters. The molecule has 0 unspecified atom stereocenters. The summed E-state index contributed by atoms with van der Waals surface area (Å²) >= 11 is 0. The summed E-state index contributed by atoms with van der Waals surface area (Å²) in [6.07, 6.45) is 0. The van der Waals surface area contributed by atoms with Gasteiger partial charge in [-0.05, 0) is 67.9 Å². The number of benzene rings is 2. The van der Waals surface area contributed by atoms with Crippen molar-refractivity contribution in [2.24, 2.45) is 5.14 Å². The first kappa shape index (κ1) is 17.1. The molecule has 0 aliphatic heterocycles. The summed E-state index contributed by atoms with van der Waals surface area (Å²) in [6, 6.07) is 17.8. The van der Waals surface area contributed by atoms with Crippen LogP contribution in [0.3, 0.4) is 0 Å². The van der Waals surface area contributed by atoms with E-state index in [2.05, 4.69) is 4.57 Å². The van der Waals surface area contributed by atoms with Gasteiger partial charge in [-0.15, -0.1) is 0 Å². The molecular formula is C19H18N2O3S. The van der Waals surface area contributed by atoms with E-state index >= 15 is 0 Å². The zero-order chi connectivity index (χ0) is 18.2. The Morgan fingerprint density at radius 3 is 2.04 bits per heavy atom. The monoisotopic (exact) mass is 354 g/mol. The van der Waals surface area contributed by atoms with Crippen molar-refractivity contribution in [3.05, 3.63) is 71.9 Å². The Hall–Kier alpha value is -2.70. The summed E-state index contributed by atoms with van der Waals surface area (Å²) in [5.74, 6) is 0.0228. The first-order valence-electron chi connectivity index (χ1n) is 7.70. The lowest BCUT2D eigenvalue weighted by atomic mass is 10.1. The fourth-order valence-corrected chi connectivity index (χ4v) is 3.28. The molecule has 1 aromatic heterocycles. The minimum absolute atomic E-state index is 0.0228. The van der Waals surface area contributed by atoms with Gasteiger partial charge >= 0.3 is 0 Å². The first-order chi connectivity index (χ1) is 11.8. The number of aromatic nitrogens is 1. The summed E-state index contributed by atoms with van der Waals surface area (Å²) in [5.41, 5.74) is 4.41. The minimum atomic E-state index is -3.71. The number of sulfonamides is 1. The molecule has 0 spiro atoms. The third-order valence-corrected chi connectivity index (χ3v) is 5.02. The standard InChI is InChI=1S/C19H18N2O3S/c1-13-3-12-19(16-6-10-18(11-7-16)25(20,23)24)21(13)17-8-4-15(5-9-17)14(2)22/h3-12H,1-2H3,(H2,20,23,24). The molecule has 2 N–H and O–H groups in total. The van der Waals surface area contributed by atoms with E-state index in [4.69, 9.17) is 5.14 Å². The summed E-state index contributed by atoms with van der Waals surface area (Å²) in [4.78, 5) is 11.5. The van der Waals surface area contributed by atoms with E-state index in [0.29, 0.717) is 5.56 Å². The van der Waals surface area contributed by atoms with Crippen molar-refractivity contribution >= 4 is 15.8 Å². The fourth-order valence-electron chi connectivity index (χ4n) is 2.77. The Morgan fingerprint density at radius 2 is 1.52 bits per heavy atom. The number of carbonyl (C=O) groups is 1. The van der Waals surface area contributed by atoms with Gasteiger partial charge in [0.15, 0.2) is 5.78 Å². The van der Waals surface area contributed by atoms with Gasteiger partial charge in [0.05, 0.1) is 10.6 Å². The Bertz CT molecular complexity index is 1030. The average Bonchev–Trinajstić information content (AvgIpc) is 2.96. The van der Waals surface area contributed by atoms with Gasteiger partial charge in [-0.2, -0.15) is 0 Å². The van der Waals surface area contributed by atoms with Gasteiger partial charge in [-0.25, -0.2) is 13.6 Å². The van der Waals surface area contributed by atoms with Gasteiger partial charge in [0, 0.05) is 16.9 Å². The van der Waals surface area contributed by atoms with Crippen molar-refractivity contribution in [3.8, 4) is 16.9 Å². The number of nitrogens with zero attached hydrogens (tertiary/aromatic N) is 1. The molecule has 2 aromatic carbocycles. The molecule has 0 amide bonds. The lowest BCUT2D eigenvalue weighted by Gasteiger charge is -2.13. The lowest BCUT2D eigenvalue weighted by molar-refractivity contribution is 0.101. The zero-order valence-electron chi connectivity index (χ0n) is 13.9. The molecule has 5 nitrogen and oxygen atoms in total. The number of Topliss-reactive ketones (excluding diaryl/α,β-unsaturated/α-hetero) is 1. The van der Waals surface area contributed by atoms with Crippen molar-refractivity contribution in [2.45, 2.75) is 18.7 Å². The molecule has 0 fully saturated rings. The first-order valence-corrected chi connectivity index (χ1v) is 9.25. The van der Waals surface area contributed by atoms with Crippen LogP contribution in [0.15, 0.2) is 65.6 Å². The van der Waals surface area contributed by atoms with Crippen LogP contribution in [0.4, 0.5) is 0 Å². The molecule has 0 bridgehead atoms. The quantitative estimate of drug-likeness (QED) is 0.730. The largest absolute Gasteiger partial charge is 0.314 e. The van der Waals surface area contributed by atoms with E-state index < -0.39 is 10.0 Å². The summed E-state index contributed by atoms with van der Waals surface area (Å²) in [7, 11) is -3.71. The lowest BCUT2D eigenvalue weighted by Crippen LogP contribution is -2.11. The second-order valence-electron chi connectivity index (χ2n) is 5.87. The minimum Gasteiger partial charge on any atom is -0.314 e. The predicted molar refractivity (Wildman–Crippen MR) is 97.3 cm³/mol. The molecule has 0 aliphatic rings. The van der Waals surface area contributed by atoms with Gasteiger partial charge < -0.3 is 4.57 Å². The topological polar surface area (TPSA) is 82.2 Å². The molecule has 3 aromatic rings. The molecule has 0 saturated heterocycles. The van der Waals surface area contributed by atoms with Crippen LogP contribution >= 0.6 is 0 Å². The van der Waals surface area contributed by atoms with E-state index in [0.717, 1.165) is 22.6 Å². The third kappa shape index (κ3) is 3.40. The van der Waals surface area contributed by atoms with Crippen LogP contribution in [0.2, 0.25) is 0 Å². The number of nitrogens with two attached hydrogens (primary N) is 1. The Kier molecular flexibility index (Phi) is 4.32. The molecule has 0 aliphatic carbocycles. The van der Waals surface area contributed by atoms with Crippen molar-refractivity contribution in [1.82, 2.24) is 4.57 Å². The molecule has 25 heavy (non-hydrogen) atoms. The Labute approximate surface area is 146 Å². The van der Waals surface area contributed by atoms with E-state index in [1.165, 1.54) is 19.1 Å². The number of aryl methyl sites for hydroxylation is 1. The van der Waals surface area contributed by atoms with Crippen LogP contribution in [-0.2, 0) is 10.0 Å². The molecule has 1 heterocycles. The molecule has 3 rings (SSSR count). The van der Waals surface area contributed by atoms with Gasteiger partial charge in [0.25, 0.3) is 0 Å². The SMILES string of the molecule is CC(=O)c1ccc(-n2c(C)ccc2-c2ccc(S(N)(=O)=O)cc2)cc1. The summed E-state index contributed by atoms with van der Waals surface area (Å²) in [6.45, 7) is 3.52. The van der Waals surface area contributed by atoms with Gasteiger partial charge in [-0.1, -0.05) is 12.1 Å². The highest BCUT2D eigenvalue weighted by atomic mass is 32.2. The van der Waals surface area contributed by atoms with Crippen LogP contribution in [0, 0.1) is 6.92 Å². The Balaban J connectivity index is 2.06. The summed E-state index contributed by atoms with van der Waals surface area (Å²) < 4.78 is 24.9. The maximum absolute atomic E-state index is 11.4. The molecular weight excluding hydrogens is 336 g/mol. The number of rotatable bonds is 4. The van der Waals surface area contributed by atoms with Gasteiger partial charge in [-0.3, -0.25) is 4.79 Å². The van der Waals surface area contributed by atoms with Crippen LogP contribution < -0.4 is 5.14 Å². The maximum Gasteiger partial charge on any atom is 0.238 e. The number of ketones is 1. The van der Waals surface area contributed by atoms with E-state index in [1.807, 2.05) is 31.2 Å². The second-order valence-corrected chi connectivity index (χ2v) is 7.43. The fraction of sp³-hybridized carbons (Fsp3) is 0.105. The predicted octanol–water partition coefficient (Wildman–Crippen LogP) is 3.30. The molecule has 128 valence electrons. The van der Waals surface area contributed by atoms with E-state index in [9.17, 15) is 13.2 Å². The molecule has 6 heteroatoms. The third-order valence-electron chi connectivity index (χ3n) is 4.09. The molecule has 0 saturated carbocycles. The Morgan fingerprint density at radius 1 is 0.920 bits per heavy atom. The number of hydrogen-bond donors (Lipinski definition) is 1. The van der Waals surface area contributed by atoms with Crippen LogP contribution in [0.25, 0.3) is 16.9 Å². The van der Waals surface area contributed by atoms with Crippen LogP contribution in [-0.4, -0.2) is 18.8 Å². The maximum atomic E-state index is 11.4. The zero-order valence-corrected chi connectivity index (χ0v) is 14.7. The van der Waals surface area contributed by atoms with Crippen molar-refractivity contribution in [1.29, 1.82) is 0 Å². The van der Waals surface area contributed by atoms with Crippen molar-refractivity contribution in [3.63, 3.8) is 0 Å². The highest BCUT2D eigenvalue weighted by Crippen LogP contribution is 2.27. The van der Waals surface area contributed by atoms with Crippen LogP contribution in [0.5, 0.6) is 0 Å². The van der Waals surface area contributed by atoms with Gasteiger partial charge in [0.1, 0.15) is 0 Å². The number of primary sulfonamides is 1. The van der Waals surface area contributed by atoms with E-state index in [1.54, 1.807) is 24.3 Å².